The van der Waals surface area contributed by atoms with Crippen LogP contribution < -0.4 is 10.2 Å². The van der Waals surface area contributed by atoms with Crippen molar-refractivity contribution in [3.63, 3.8) is 0 Å². The molecule has 0 unspecified atom stereocenters. The number of hydrazone groups is 1. The Morgan fingerprint density at radius 2 is 1.92 bits per heavy atom. The molecule has 0 amide bonds. The molecule has 0 aliphatic heterocycles. The van der Waals surface area contributed by atoms with Crippen LogP contribution in [0.3, 0.4) is 0 Å². The van der Waals surface area contributed by atoms with E-state index >= 15 is 0 Å². The molecule has 0 fully saturated rings. The van der Waals surface area contributed by atoms with Gasteiger partial charge in [0.15, 0.2) is 6.61 Å². The SMILES string of the molecule is O=C(O)COc1ccccc1/C=N\Nc1nncc(-c2ccccc2)n1. The van der Waals surface area contributed by atoms with Crippen LogP contribution in [0.1, 0.15) is 5.56 Å². The summed E-state index contributed by atoms with van der Waals surface area (Å²) in [4.78, 5) is 15.0. The van der Waals surface area contributed by atoms with Crippen molar-refractivity contribution in [2.75, 3.05) is 12.0 Å². The van der Waals surface area contributed by atoms with Crippen LogP contribution in [-0.2, 0) is 4.79 Å². The Kier molecular flexibility index (Phi) is 5.46. The van der Waals surface area contributed by atoms with E-state index in [0.29, 0.717) is 17.0 Å². The van der Waals surface area contributed by atoms with Crippen molar-refractivity contribution >= 4 is 18.1 Å². The summed E-state index contributed by atoms with van der Waals surface area (Å²) < 4.78 is 5.22. The summed E-state index contributed by atoms with van der Waals surface area (Å²) in [5.41, 5.74) is 4.92. The molecule has 8 heteroatoms. The second kappa shape index (κ2) is 8.34. The van der Waals surface area contributed by atoms with Crippen LogP contribution in [0.4, 0.5) is 5.95 Å². The summed E-state index contributed by atoms with van der Waals surface area (Å²) >= 11 is 0. The second-order valence-electron chi connectivity index (χ2n) is 5.12. The largest absolute Gasteiger partial charge is 0.481 e. The van der Waals surface area contributed by atoms with Gasteiger partial charge in [-0.05, 0) is 12.1 Å². The maximum atomic E-state index is 10.6. The van der Waals surface area contributed by atoms with Gasteiger partial charge < -0.3 is 9.84 Å². The number of hydrogen-bond donors (Lipinski definition) is 2. The third-order valence-electron chi connectivity index (χ3n) is 3.27. The Morgan fingerprint density at radius 3 is 2.73 bits per heavy atom. The number of nitrogens with zero attached hydrogens (tertiary/aromatic N) is 4. The zero-order chi connectivity index (χ0) is 18.2. The summed E-state index contributed by atoms with van der Waals surface area (Å²) in [6, 6.07) is 16.6. The van der Waals surface area contributed by atoms with E-state index in [1.54, 1.807) is 30.5 Å². The minimum Gasteiger partial charge on any atom is -0.481 e. The van der Waals surface area contributed by atoms with Crippen LogP contribution >= 0.6 is 0 Å². The van der Waals surface area contributed by atoms with Gasteiger partial charge in [-0.1, -0.05) is 42.5 Å². The molecule has 2 aromatic carbocycles. The predicted molar refractivity (Wildman–Crippen MR) is 96.1 cm³/mol. The van der Waals surface area contributed by atoms with E-state index in [1.807, 2.05) is 30.3 Å². The monoisotopic (exact) mass is 349 g/mol. The van der Waals surface area contributed by atoms with E-state index in [2.05, 4.69) is 25.7 Å². The molecule has 1 aromatic heterocycles. The zero-order valence-corrected chi connectivity index (χ0v) is 13.6. The number of anilines is 1. The van der Waals surface area contributed by atoms with Crippen molar-refractivity contribution in [1.29, 1.82) is 0 Å². The first-order valence-corrected chi connectivity index (χ1v) is 7.70. The summed E-state index contributed by atoms with van der Waals surface area (Å²) in [5.74, 6) is -0.392. The van der Waals surface area contributed by atoms with Crippen LogP contribution in [0.15, 0.2) is 65.9 Å². The van der Waals surface area contributed by atoms with Gasteiger partial charge in [-0.2, -0.15) is 10.2 Å². The van der Waals surface area contributed by atoms with Crippen molar-refractivity contribution in [2.45, 2.75) is 0 Å². The molecule has 0 radical (unpaired) electrons. The number of benzene rings is 2. The lowest BCUT2D eigenvalue weighted by atomic mass is 10.2. The molecular formula is C18H15N5O3. The van der Waals surface area contributed by atoms with Crippen molar-refractivity contribution in [3.05, 3.63) is 66.4 Å². The number of aromatic nitrogens is 3. The van der Waals surface area contributed by atoms with Crippen LogP contribution in [0.25, 0.3) is 11.3 Å². The molecule has 2 N–H and O–H groups in total. The highest BCUT2D eigenvalue weighted by atomic mass is 16.5. The van der Waals surface area contributed by atoms with Gasteiger partial charge in [0.05, 0.1) is 18.1 Å². The number of rotatable bonds is 7. The van der Waals surface area contributed by atoms with Gasteiger partial charge in [0.1, 0.15) is 5.75 Å². The quantitative estimate of drug-likeness (QED) is 0.498. The molecule has 0 aliphatic carbocycles. The smallest absolute Gasteiger partial charge is 0.341 e. The summed E-state index contributed by atoms with van der Waals surface area (Å²) in [6.07, 6.45) is 3.06. The molecule has 26 heavy (non-hydrogen) atoms. The van der Waals surface area contributed by atoms with Gasteiger partial charge in [0.25, 0.3) is 5.95 Å². The number of hydrogen-bond acceptors (Lipinski definition) is 7. The Morgan fingerprint density at radius 1 is 1.15 bits per heavy atom. The minimum absolute atomic E-state index is 0.242. The van der Waals surface area contributed by atoms with Gasteiger partial charge in [-0.15, -0.1) is 5.10 Å². The summed E-state index contributed by atoms with van der Waals surface area (Å²) in [6.45, 7) is -0.426. The molecule has 0 bridgehead atoms. The maximum Gasteiger partial charge on any atom is 0.341 e. The number of nitrogens with one attached hydrogen (secondary N) is 1. The predicted octanol–water partition coefficient (Wildman–Crippen LogP) is 2.45. The van der Waals surface area contributed by atoms with Crippen LogP contribution in [0, 0.1) is 0 Å². The van der Waals surface area contributed by atoms with Gasteiger partial charge in [-0.25, -0.2) is 15.2 Å². The van der Waals surface area contributed by atoms with E-state index < -0.39 is 12.6 Å². The van der Waals surface area contributed by atoms with E-state index in [-0.39, 0.29) is 5.95 Å². The molecule has 0 spiro atoms. The highest BCUT2D eigenvalue weighted by Crippen LogP contribution is 2.17. The first-order chi connectivity index (χ1) is 12.7. The molecule has 1 heterocycles. The second-order valence-corrected chi connectivity index (χ2v) is 5.12. The zero-order valence-electron chi connectivity index (χ0n) is 13.6. The lowest BCUT2D eigenvalue weighted by Gasteiger charge is -2.06. The summed E-state index contributed by atoms with van der Waals surface area (Å²) in [5, 5.41) is 20.6. The Labute approximate surface area is 149 Å². The summed E-state index contributed by atoms with van der Waals surface area (Å²) in [7, 11) is 0. The topological polar surface area (TPSA) is 110 Å². The van der Waals surface area contributed by atoms with Gasteiger partial charge >= 0.3 is 5.97 Å². The third-order valence-corrected chi connectivity index (χ3v) is 3.27. The Balaban J connectivity index is 1.71. The molecular weight excluding hydrogens is 334 g/mol. The van der Waals surface area contributed by atoms with Crippen molar-refractivity contribution in [2.24, 2.45) is 5.10 Å². The molecule has 0 aliphatic rings. The molecule has 0 atom stereocenters. The first-order valence-electron chi connectivity index (χ1n) is 7.70. The average Bonchev–Trinajstić information content (AvgIpc) is 2.68. The van der Waals surface area contributed by atoms with Gasteiger partial charge in [-0.3, -0.25) is 0 Å². The van der Waals surface area contributed by atoms with Crippen LogP contribution in [-0.4, -0.2) is 39.1 Å². The number of para-hydroxylation sites is 1. The minimum atomic E-state index is -1.05. The lowest BCUT2D eigenvalue weighted by Crippen LogP contribution is -2.10. The molecule has 8 nitrogen and oxygen atoms in total. The average molecular weight is 349 g/mol. The third kappa shape index (κ3) is 4.60. The fourth-order valence-electron chi connectivity index (χ4n) is 2.12. The molecule has 130 valence electrons. The van der Waals surface area contributed by atoms with Crippen molar-refractivity contribution in [3.8, 4) is 17.0 Å². The standard InChI is InChI=1S/C18H15N5O3/c24-17(25)12-26-16-9-5-4-8-14(16)10-19-22-18-21-15(11-20-23-18)13-6-2-1-3-7-13/h1-11H,12H2,(H,24,25)(H,21,22,23)/b19-10-. The van der Waals surface area contributed by atoms with Gasteiger partial charge in [0, 0.05) is 11.1 Å². The fourth-order valence-corrected chi connectivity index (χ4v) is 2.12. The van der Waals surface area contributed by atoms with E-state index in [9.17, 15) is 4.79 Å². The van der Waals surface area contributed by atoms with Crippen molar-refractivity contribution in [1.82, 2.24) is 15.2 Å². The number of carboxylic acid groups (broad SMARTS) is 1. The number of carbonyl (C=O) groups is 1. The molecule has 3 rings (SSSR count). The first kappa shape index (κ1) is 17.0. The van der Waals surface area contributed by atoms with E-state index in [0.717, 1.165) is 5.56 Å². The van der Waals surface area contributed by atoms with Crippen LogP contribution in [0.5, 0.6) is 5.75 Å². The Bertz CT molecular complexity index is 915. The normalized spacial score (nSPS) is 10.6. The van der Waals surface area contributed by atoms with E-state index in [1.165, 1.54) is 6.21 Å². The molecule has 0 saturated heterocycles. The maximum absolute atomic E-state index is 10.6. The number of carboxylic acids is 1. The molecule has 0 saturated carbocycles. The lowest BCUT2D eigenvalue weighted by molar-refractivity contribution is -0.139. The highest BCUT2D eigenvalue weighted by molar-refractivity contribution is 5.84. The van der Waals surface area contributed by atoms with E-state index in [4.69, 9.17) is 9.84 Å². The van der Waals surface area contributed by atoms with Gasteiger partial charge in [0.2, 0.25) is 0 Å². The Hall–Kier alpha value is -3.81. The highest BCUT2D eigenvalue weighted by Gasteiger charge is 2.04. The number of aliphatic carboxylic acids is 1. The van der Waals surface area contributed by atoms with Crippen LogP contribution in [0.2, 0.25) is 0 Å². The molecule has 3 aromatic rings. The van der Waals surface area contributed by atoms with Crippen molar-refractivity contribution < 1.29 is 14.6 Å². The number of ether oxygens (including phenoxy) is 1. The fraction of sp³-hybridized carbons (Fsp3) is 0.0556.